The molecule has 0 fully saturated rings. The number of carbonyl (C=O) groups excluding carboxylic acids is 3. The van der Waals surface area contributed by atoms with Gasteiger partial charge < -0.3 is 15.0 Å². The molecule has 1 N–H and O–H groups in total. The Morgan fingerprint density at radius 3 is 2.17 bits per heavy atom. The molecule has 0 aliphatic heterocycles. The van der Waals surface area contributed by atoms with Crippen LogP contribution in [0, 0.1) is 6.92 Å². The van der Waals surface area contributed by atoms with Crippen molar-refractivity contribution in [3.05, 3.63) is 16.0 Å². The Balaban J connectivity index is 3.38. The lowest BCUT2D eigenvalue weighted by Gasteiger charge is -2.17. The molecule has 10 heteroatoms. The summed E-state index contributed by atoms with van der Waals surface area (Å²) in [4.78, 5) is 37.0. The average molecular weight is 366 g/mol. The Labute approximate surface area is 140 Å². The zero-order valence-corrected chi connectivity index (χ0v) is 14.4. The van der Waals surface area contributed by atoms with Crippen molar-refractivity contribution in [1.82, 2.24) is 4.90 Å². The Morgan fingerprint density at radius 2 is 1.75 bits per heavy atom. The van der Waals surface area contributed by atoms with Gasteiger partial charge in [-0.25, -0.2) is 4.79 Å². The van der Waals surface area contributed by atoms with Crippen LogP contribution in [0.5, 0.6) is 0 Å². The summed E-state index contributed by atoms with van der Waals surface area (Å²) in [6.07, 6.45) is -5.12. The van der Waals surface area contributed by atoms with E-state index < -0.39 is 24.0 Å². The van der Waals surface area contributed by atoms with E-state index in [0.29, 0.717) is 24.4 Å². The number of nitrogens with zero attached hydrogens (tertiary/aromatic N) is 1. The van der Waals surface area contributed by atoms with Gasteiger partial charge in [-0.2, -0.15) is 13.2 Å². The van der Waals surface area contributed by atoms with Crippen molar-refractivity contribution in [1.29, 1.82) is 0 Å². The van der Waals surface area contributed by atoms with Crippen LogP contribution in [0.2, 0.25) is 0 Å². The monoisotopic (exact) mass is 366 g/mol. The van der Waals surface area contributed by atoms with Crippen LogP contribution in [-0.4, -0.2) is 49.1 Å². The minimum absolute atomic E-state index is 0.0802. The summed E-state index contributed by atoms with van der Waals surface area (Å²) in [5.74, 6) is -3.59. The zero-order chi connectivity index (χ0) is 18.7. The average Bonchev–Trinajstić information content (AvgIpc) is 2.83. The fraction of sp³-hybridized carbons (Fsp3) is 0.500. The molecule has 0 saturated carbocycles. The molecule has 1 aromatic rings. The van der Waals surface area contributed by atoms with E-state index in [1.165, 1.54) is 11.8 Å². The van der Waals surface area contributed by atoms with E-state index in [2.05, 4.69) is 4.74 Å². The third-order valence-corrected chi connectivity index (χ3v) is 4.46. The molecule has 0 spiro atoms. The van der Waals surface area contributed by atoms with Gasteiger partial charge in [-0.3, -0.25) is 9.59 Å². The smallest absolute Gasteiger partial charge is 0.465 e. The maximum absolute atomic E-state index is 12.5. The van der Waals surface area contributed by atoms with Crippen LogP contribution in [0.3, 0.4) is 0 Å². The number of halogens is 3. The molecule has 1 rings (SSSR count). The van der Waals surface area contributed by atoms with Gasteiger partial charge in [-0.05, 0) is 26.3 Å². The van der Waals surface area contributed by atoms with Crippen molar-refractivity contribution in [3.63, 3.8) is 0 Å². The fourth-order valence-corrected chi connectivity index (χ4v) is 3.14. The van der Waals surface area contributed by atoms with Crippen LogP contribution < -0.4 is 5.32 Å². The molecule has 24 heavy (non-hydrogen) atoms. The standard InChI is InChI=1S/C14H17F3N2O4S/c1-5-19(6-2)11(20)9-7(3)8(12(21)23-4)10(24-9)18-13(22)14(15,16)17/h5-6H2,1-4H3,(H,18,22). The lowest BCUT2D eigenvalue weighted by atomic mass is 10.1. The Kier molecular flexibility index (Phi) is 6.35. The SMILES string of the molecule is CCN(CC)C(=O)c1sc(NC(=O)C(F)(F)F)c(C(=O)OC)c1C. The number of carbonyl (C=O) groups is 3. The van der Waals surface area contributed by atoms with Crippen molar-refractivity contribution in [2.24, 2.45) is 0 Å². The Hall–Kier alpha value is -2.10. The first-order valence-corrected chi connectivity index (χ1v) is 7.79. The largest absolute Gasteiger partial charge is 0.471 e. The summed E-state index contributed by atoms with van der Waals surface area (Å²) in [5.41, 5.74) is -0.0863. The number of anilines is 1. The molecule has 0 atom stereocenters. The highest BCUT2D eigenvalue weighted by atomic mass is 32.1. The topological polar surface area (TPSA) is 75.7 Å². The highest BCUT2D eigenvalue weighted by Crippen LogP contribution is 2.35. The number of thiophene rings is 1. The van der Waals surface area contributed by atoms with E-state index >= 15 is 0 Å². The summed E-state index contributed by atoms with van der Waals surface area (Å²) in [6, 6.07) is 0. The predicted molar refractivity (Wildman–Crippen MR) is 82.3 cm³/mol. The zero-order valence-electron chi connectivity index (χ0n) is 13.5. The molecule has 0 aromatic carbocycles. The normalized spacial score (nSPS) is 11.1. The molecular formula is C14H17F3N2O4S. The minimum atomic E-state index is -5.12. The summed E-state index contributed by atoms with van der Waals surface area (Å²) < 4.78 is 41.9. The van der Waals surface area contributed by atoms with Gasteiger partial charge in [0.15, 0.2) is 0 Å². The predicted octanol–water partition coefficient (Wildman–Crippen LogP) is 2.83. The first-order valence-electron chi connectivity index (χ1n) is 6.97. The van der Waals surface area contributed by atoms with Crippen molar-refractivity contribution < 1.29 is 32.3 Å². The Bertz CT molecular complexity index is 651. The van der Waals surface area contributed by atoms with Crippen LogP contribution in [-0.2, 0) is 9.53 Å². The molecule has 1 heterocycles. The third-order valence-electron chi connectivity index (χ3n) is 3.27. The van der Waals surface area contributed by atoms with E-state index in [1.54, 1.807) is 19.2 Å². The number of nitrogens with one attached hydrogen (secondary N) is 1. The van der Waals surface area contributed by atoms with Crippen molar-refractivity contribution >= 4 is 34.1 Å². The van der Waals surface area contributed by atoms with E-state index in [9.17, 15) is 27.6 Å². The van der Waals surface area contributed by atoms with E-state index in [4.69, 9.17) is 0 Å². The first kappa shape index (κ1) is 19.9. The summed E-state index contributed by atoms with van der Waals surface area (Å²) >= 11 is 0.617. The van der Waals surface area contributed by atoms with Crippen molar-refractivity contribution in [2.75, 3.05) is 25.5 Å². The molecule has 1 aromatic heterocycles. The van der Waals surface area contributed by atoms with E-state index in [-0.39, 0.29) is 21.0 Å². The molecule has 0 aliphatic rings. The van der Waals surface area contributed by atoms with E-state index in [0.717, 1.165) is 7.11 Å². The first-order chi connectivity index (χ1) is 11.1. The lowest BCUT2D eigenvalue weighted by molar-refractivity contribution is -0.167. The molecule has 134 valence electrons. The summed E-state index contributed by atoms with van der Waals surface area (Å²) in [6.45, 7) is 5.70. The highest BCUT2D eigenvalue weighted by Gasteiger charge is 2.40. The number of alkyl halides is 3. The van der Waals surface area contributed by atoms with Gasteiger partial charge in [0.25, 0.3) is 5.91 Å². The van der Waals surface area contributed by atoms with Gasteiger partial charge >= 0.3 is 18.1 Å². The van der Waals surface area contributed by atoms with Gasteiger partial charge in [-0.1, -0.05) is 0 Å². The second-order valence-electron chi connectivity index (χ2n) is 4.68. The quantitative estimate of drug-likeness (QED) is 0.813. The molecule has 2 amide bonds. The summed E-state index contributed by atoms with van der Waals surface area (Å²) in [5, 5.41) is 1.28. The van der Waals surface area contributed by atoms with E-state index in [1.807, 2.05) is 0 Å². The number of ether oxygens (including phenoxy) is 1. The van der Waals surface area contributed by atoms with Gasteiger partial charge in [0.2, 0.25) is 0 Å². The molecule has 0 bridgehead atoms. The van der Waals surface area contributed by atoms with Gasteiger partial charge in [0.05, 0.1) is 17.6 Å². The number of hydrogen-bond acceptors (Lipinski definition) is 5. The van der Waals surface area contributed by atoms with Crippen LogP contribution in [0.15, 0.2) is 0 Å². The summed E-state index contributed by atoms with van der Waals surface area (Å²) in [7, 11) is 1.06. The van der Waals surface area contributed by atoms with Crippen LogP contribution in [0.25, 0.3) is 0 Å². The molecule has 0 radical (unpaired) electrons. The molecule has 6 nitrogen and oxygen atoms in total. The molecule has 0 saturated heterocycles. The maximum atomic E-state index is 12.5. The van der Waals surface area contributed by atoms with Crippen molar-refractivity contribution in [2.45, 2.75) is 26.9 Å². The fourth-order valence-electron chi connectivity index (χ4n) is 1.98. The lowest BCUT2D eigenvalue weighted by Crippen LogP contribution is -2.30. The second kappa shape index (κ2) is 7.65. The molecule has 0 aliphatic carbocycles. The third kappa shape index (κ3) is 4.05. The number of esters is 1. The number of rotatable bonds is 5. The number of amides is 2. The number of hydrogen-bond donors (Lipinski definition) is 1. The van der Waals surface area contributed by atoms with Gasteiger partial charge in [-0.15, -0.1) is 11.3 Å². The molecular weight excluding hydrogens is 349 g/mol. The van der Waals surface area contributed by atoms with Gasteiger partial charge in [0, 0.05) is 13.1 Å². The van der Waals surface area contributed by atoms with Crippen molar-refractivity contribution in [3.8, 4) is 0 Å². The van der Waals surface area contributed by atoms with Crippen LogP contribution in [0.1, 0.15) is 39.4 Å². The van der Waals surface area contributed by atoms with Gasteiger partial charge in [0.1, 0.15) is 5.00 Å². The maximum Gasteiger partial charge on any atom is 0.471 e. The minimum Gasteiger partial charge on any atom is -0.465 e. The Morgan fingerprint density at radius 1 is 1.21 bits per heavy atom. The number of methoxy groups -OCH3 is 1. The highest BCUT2D eigenvalue weighted by molar-refractivity contribution is 7.18. The van der Waals surface area contributed by atoms with Crippen LogP contribution >= 0.6 is 11.3 Å². The molecule has 0 unspecified atom stereocenters. The van der Waals surface area contributed by atoms with Crippen LogP contribution in [0.4, 0.5) is 18.2 Å². The second-order valence-corrected chi connectivity index (χ2v) is 5.70.